The number of hydrogen-bond acceptors (Lipinski definition) is 3. The molecule has 0 fully saturated rings. The zero-order chi connectivity index (χ0) is 15.4. The Morgan fingerprint density at radius 1 is 1.29 bits per heavy atom. The van der Waals surface area contributed by atoms with E-state index in [1.807, 2.05) is 6.07 Å². The lowest BCUT2D eigenvalue weighted by Crippen LogP contribution is -2.23. The molecule has 0 aliphatic rings. The molecule has 0 aliphatic heterocycles. The number of nitriles is 1. The third-order valence-electron chi connectivity index (χ3n) is 3.00. The number of aromatic hydroxyl groups is 1. The highest BCUT2D eigenvalue weighted by atomic mass is 19.1. The van der Waals surface area contributed by atoms with Crippen LogP contribution in [0.2, 0.25) is 0 Å². The van der Waals surface area contributed by atoms with Crippen LogP contribution in [0.3, 0.4) is 0 Å². The molecule has 0 heterocycles. The number of nitrogens with zero attached hydrogens (tertiary/aromatic N) is 1. The van der Waals surface area contributed by atoms with Gasteiger partial charge < -0.3 is 10.4 Å². The SMILES string of the molecule is CCNC(=O)c1ccc(-c2ccc(C#N)c(O)c2)cc1F. The molecule has 2 aromatic rings. The standard InChI is InChI=1S/C16H13FN2O2/c1-2-19-16(21)13-6-5-10(7-14(13)17)11-3-4-12(9-18)15(20)8-11/h3-8,20H,2H2,1H3,(H,19,21). The maximum Gasteiger partial charge on any atom is 0.254 e. The highest BCUT2D eigenvalue weighted by Crippen LogP contribution is 2.27. The third-order valence-corrected chi connectivity index (χ3v) is 3.00. The Hall–Kier alpha value is -2.87. The van der Waals surface area contributed by atoms with Crippen LogP contribution in [-0.2, 0) is 0 Å². The number of carbonyl (C=O) groups is 1. The molecule has 0 aromatic heterocycles. The summed E-state index contributed by atoms with van der Waals surface area (Å²) < 4.78 is 14.0. The summed E-state index contributed by atoms with van der Waals surface area (Å²) in [5, 5.41) is 20.9. The molecule has 0 spiro atoms. The van der Waals surface area contributed by atoms with Crippen molar-refractivity contribution in [3.63, 3.8) is 0 Å². The van der Waals surface area contributed by atoms with Crippen molar-refractivity contribution in [2.75, 3.05) is 6.54 Å². The van der Waals surface area contributed by atoms with Crippen LogP contribution in [0, 0.1) is 17.1 Å². The highest BCUT2D eigenvalue weighted by molar-refractivity contribution is 5.95. The molecule has 0 bridgehead atoms. The van der Waals surface area contributed by atoms with Crippen LogP contribution in [0.15, 0.2) is 36.4 Å². The fourth-order valence-electron chi connectivity index (χ4n) is 1.94. The van der Waals surface area contributed by atoms with Gasteiger partial charge in [0.25, 0.3) is 5.91 Å². The molecule has 0 atom stereocenters. The summed E-state index contributed by atoms with van der Waals surface area (Å²) in [6.45, 7) is 2.17. The first-order chi connectivity index (χ1) is 10.1. The van der Waals surface area contributed by atoms with Gasteiger partial charge in [0.05, 0.1) is 11.1 Å². The first-order valence-corrected chi connectivity index (χ1v) is 6.38. The second-order valence-electron chi connectivity index (χ2n) is 4.40. The minimum atomic E-state index is -0.637. The van der Waals surface area contributed by atoms with Gasteiger partial charge in [0.2, 0.25) is 0 Å². The molecule has 0 unspecified atom stereocenters. The Morgan fingerprint density at radius 2 is 1.95 bits per heavy atom. The molecule has 2 N–H and O–H groups in total. The van der Waals surface area contributed by atoms with Crippen LogP contribution >= 0.6 is 0 Å². The van der Waals surface area contributed by atoms with Crippen molar-refractivity contribution >= 4 is 5.91 Å². The Kier molecular flexibility index (Phi) is 4.19. The maximum absolute atomic E-state index is 14.0. The number of rotatable bonds is 3. The van der Waals surface area contributed by atoms with E-state index in [0.717, 1.165) is 0 Å². The monoisotopic (exact) mass is 284 g/mol. The molecule has 5 heteroatoms. The Balaban J connectivity index is 2.39. The van der Waals surface area contributed by atoms with Gasteiger partial charge in [0.15, 0.2) is 0 Å². The second kappa shape index (κ2) is 6.06. The number of carbonyl (C=O) groups excluding carboxylic acids is 1. The fraction of sp³-hybridized carbons (Fsp3) is 0.125. The van der Waals surface area contributed by atoms with Crippen molar-refractivity contribution in [2.45, 2.75) is 6.92 Å². The third kappa shape index (κ3) is 3.00. The summed E-state index contributed by atoms with van der Waals surface area (Å²) in [5.74, 6) is -1.27. The molecule has 2 aromatic carbocycles. The summed E-state index contributed by atoms with van der Waals surface area (Å²) in [5.41, 5.74) is 1.20. The van der Waals surface area contributed by atoms with E-state index < -0.39 is 11.7 Å². The van der Waals surface area contributed by atoms with Crippen LogP contribution in [0.25, 0.3) is 11.1 Å². The summed E-state index contributed by atoms with van der Waals surface area (Å²) in [6, 6.07) is 10.5. The van der Waals surface area contributed by atoms with Crippen molar-refractivity contribution in [1.82, 2.24) is 5.32 Å². The Bertz CT molecular complexity index is 736. The predicted octanol–water partition coefficient (Wildman–Crippen LogP) is 2.82. The molecule has 4 nitrogen and oxygen atoms in total. The Morgan fingerprint density at radius 3 is 2.52 bits per heavy atom. The summed E-state index contributed by atoms with van der Waals surface area (Å²) in [4.78, 5) is 11.6. The molecule has 1 amide bonds. The van der Waals surface area contributed by atoms with Crippen LogP contribution in [0.1, 0.15) is 22.8 Å². The lowest BCUT2D eigenvalue weighted by atomic mass is 10.0. The normalized spacial score (nSPS) is 9.95. The van der Waals surface area contributed by atoms with Crippen molar-refractivity contribution in [3.8, 4) is 22.9 Å². The minimum absolute atomic E-state index is 0.0292. The first-order valence-electron chi connectivity index (χ1n) is 6.38. The quantitative estimate of drug-likeness (QED) is 0.910. The van der Waals surface area contributed by atoms with Gasteiger partial charge in [-0.15, -0.1) is 0 Å². The lowest BCUT2D eigenvalue weighted by molar-refractivity contribution is 0.0952. The van der Waals surface area contributed by atoms with E-state index in [1.165, 1.54) is 24.3 Å². The number of hydrogen-bond donors (Lipinski definition) is 2. The summed E-state index contributed by atoms with van der Waals surface area (Å²) in [7, 11) is 0. The van der Waals surface area contributed by atoms with Gasteiger partial charge in [0.1, 0.15) is 17.6 Å². The van der Waals surface area contributed by atoms with Gasteiger partial charge in [-0.1, -0.05) is 12.1 Å². The number of phenolic OH excluding ortho intramolecular Hbond substituents is 1. The number of nitrogens with one attached hydrogen (secondary N) is 1. The lowest BCUT2D eigenvalue weighted by Gasteiger charge is -2.07. The van der Waals surface area contributed by atoms with E-state index in [0.29, 0.717) is 17.7 Å². The zero-order valence-corrected chi connectivity index (χ0v) is 11.4. The molecule has 0 saturated heterocycles. The molecule has 2 rings (SSSR count). The van der Waals surface area contributed by atoms with Crippen molar-refractivity contribution in [3.05, 3.63) is 53.3 Å². The van der Waals surface area contributed by atoms with Gasteiger partial charge >= 0.3 is 0 Å². The average molecular weight is 284 g/mol. The van der Waals surface area contributed by atoms with Crippen LogP contribution < -0.4 is 5.32 Å². The number of halogens is 1. The molecule has 0 radical (unpaired) electrons. The van der Waals surface area contributed by atoms with Crippen molar-refractivity contribution in [1.29, 1.82) is 5.26 Å². The maximum atomic E-state index is 14.0. The van der Waals surface area contributed by atoms with Crippen molar-refractivity contribution < 1.29 is 14.3 Å². The topological polar surface area (TPSA) is 73.1 Å². The smallest absolute Gasteiger partial charge is 0.254 e. The van der Waals surface area contributed by atoms with E-state index in [9.17, 15) is 14.3 Å². The highest BCUT2D eigenvalue weighted by Gasteiger charge is 2.12. The molecule has 0 saturated carbocycles. The van der Waals surface area contributed by atoms with Crippen LogP contribution in [-0.4, -0.2) is 17.6 Å². The number of phenols is 1. The van der Waals surface area contributed by atoms with Crippen molar-refractivity contribution in [2.24, 2.45) is 0 Å². The number of amides is 1. The van der Waals surface area contributed by atoms with E-state index >= 15 is 0 Å². The fourth-order valence-corrected chi connectivity index (χ4v) is 1.94. The predicted molar refractivity (Wildman–Crippen MR) is 76.2 cm³/mol. The zero-order valence-electron chi connectivity index (χ0n) is 11.4. The molecule has 106 valence electrons. The number of benzene rings is 2. The van der Waals surface area contributed by atoms with E-state index in [1.54, 1.807) is 19.1 Å². The van der Waals surface area contributed by atoms with Gasteiger partial charge in [-0.25, -0.2) is 4.39 Å². The van der Waals surface area contributed by atoms with E-state index in [2.05, 4.69) is 5.32 Å². The van der Waals surface area contributed by atoms with Gasteiger partial charge in [0, 0.05) is 6.54 Å². The minimum Gasteiger partial charge on any atom is -0.507 e. The van der Waals surface area contributed by atoms with E-state index in [-0.39, 0.29) is 16.9 Å². The largest absolute Gasteiger partial charge is 0.507 e. The molecular formula is C16H13FN2O2. The summed E-state index contributed by atoms with van der Waals surface area (Å²) >= 11 is 0. The molecule has 21 heavy (non-hydrogen) atoms. The molecular weight excluding hydrogens is 271 g/mol. The van der Waals surface area contributed by atoms with Gasteiger partial charge in [-0.2, -0.15) is 5.26 Å². The van der Waals surface area contributed by atoms with Crippen LogP contribution in [0.4, 0.5) is 4.39 Å². The summed E-state index contributed by atoms with van der Waals surface area (Å²) in [6.07, 6.45) is 0. The average Bonchev–Trinajstić information content (AvgIpc) is 2.47. The molecule has 0 aliphatic carbocycles. The second-order valence-corrected chi connectivity index (χ2v) is 4.40. The van der Waals surface area contributed by atoms with Crippen LogP contribution in [0.5, 0.6) is 5.75 Å². The van der Waals surface area contributed by atoms with Gasteiger partial charge in [-0.3, -0.25) is 4.79 Å². The Labute approximate surface area is 121 Å². The van der Waals surface area contributed by atoms with E-state index in [4.69, 9.17) is 5.26 Å². The van der Waals surface area contributed by atoms with Gasteiger partial charge in [-0.05, 0) is 42.3 Å². The first kappa shape index (κ1) is 14.5.